The van der Waals surface area contributed by atoms with Gasteiger partial charge in [-0.05, 0) is 21.0 Å². The standard InChI is InChI=1S/C7H13NO2/c1-6(4-7(9)10)5-8(2)3/h4H,5H2,1-3H3,(H,9,10)/b6-4+. The Kier molecular flexibility index (Phi) is 3.72. The van der Waals surface area contributed by atoms with Crippen LogP contribution in [0.3, 0.4) is 0 Å². The number of carboxylic acids is 1. The SMILES string of the molecule is C/C(=C\C(=O)O)CN(C)C. The summed E-state index contributed by atoms with van der Waals surface area (Å²) in [6.45, 7) is 2.50. The second-order valence-corrected chi connectivity index (χ2v) is 2.57. The monoisotopic (exact) mass is 143 g/mol. The number of rotatable bonds is 3. The second kappa shape index (κ2) is 4.06. The van der Waals surface area contributed by atoms with Gasteiger partial charge in [0.2, 0.25) is 0 Å². The highest BCUT2D eigenvalue weighted by Gasteiger charge is 1.94. The van der Waals surface area contributed by atoms with E-state index < -0.39 is 5.97 Å². The van der Waals surface area contributed by atoms with Gasteiger partial charge in [-0.15, -0.1) is 0 Å². The molecular weight excluding hydrogens is 130 g/mol. The van der Waals surface area contributed by atoms with Crippen LogP contribution in [0.25, 0.3) is 0 Å². The first-order valence-electron chi connectivity index (χ1n) is 3.07. The lowest BCUT2D eigenvalue weighted by atomic mass is 10.3. The summed E-state index contributed by atoms with van der Waals surface area (Å²) < 4.78 is 0. The molecule has 0 aromatic heterocycles. The molecule has 0 radical (unpaired) electrons. The van der Waals surface area contributed by atoms with E-state index in [1.54, 1.807) is 6.92 Å². The largest absolute Gasteiger partial charge is 0.478 e. The summed E-state index contributed by atoms with van der Waals surface area (Å²) in [6.07, 6.45) is 1.22. The van der Waals surface area contributed by atoms with Crippen molar-refractivity contribution in [1.29, 1.82) is 0 Å². The molecule has 58 valence electrons. The molecule has 0 saturated carbocycles. The van der Waals surface area contributed by atoms with Gasteiger partial charge in [-0.3, -0.25) is 0 Å². The molecule has 1 N–H and O–H groups in total. The van der Waals surface area contributed by atoms with Gasteiger partial charge in [0, 0.05) is 12.6 Å². The Morgan fingerprint density at radius 2 is 2.10 bits per heavy atom. The number of nitrogens with zero attached hydrogens (tertiary/aromatic N) is 1. The van der Waals surface area contributed by atoms with Crippen LogP contribution in [-0.4, -0.2) is 36.6 Å². The van der Waals surface area contributed by atoms with Crippen LogP contribution in [0.4, 0.5) is 0 Å². The number of likely N-dealkylation sites (N-methyl/N-ethyl adjacent to an activating group) is 1. The van der Waals surface area contributed by atoms with Gasteiger partial charge in [0.15, 0.2) is 0 Å². The van der Waals surface area contributed by atoms with E-state index in [2.05, 4.69) is 0 Å². The molecule has 0 heterocycles. The highest BCUT2D eigenvalue weighted by molar-refractivity contribution is 5.80. The summed E-state index contributed by atoms with van der Waals surface area (Å²) in [5, 5.41) is 8.30. The van der Waals surface area contributed by atoms with Gasteiger partial charge < -0.3 is 10.0 Å². The lowest BCUT2D eigenvalue weighted by molar-refractivity contribution is -0.131. The molecule has 0 atom stereocenters. The first kappa shape index (κ1) is 9.17. The van der Waals surface area contributed by atoms with Crippen molar-refractivity contribution >= 4 is 5.97 Å². The van der Waals surface area contributed by atoms with Crippen LogP contribution in [0.5, 0.6) is 0 Å². The minimum absolute atomic E-state index is 0.701. The van der Waals surface area contributed by atoms with Gasteiger partial charge in [0.25, 0.3) is 0 Å². The smallest absolute Gasteiger partial charge is 0.328 e. The zero-order chi connectivity index (χ0) is 8.15. The molecule has 0 bridgehead atoms. The topological polar surface area (TPSA) is 40.5 Å². The summed E-state index contributed by atoms with van der Waals surface area (Å²) in [7, 11) is 3.80. The van der Waals surface area contributed by atoms with E-state index >= 15 is 0 Å². The molecule has 3 nitrogen and oxygen atoms in total. The van der Waals surface area contributed by atoms with Crippen molar-refractivity contribution in [2.75, 3.05) is 20.6 Å². The van der Waals surface area contributed by atoms with Crippen LogP contribution in [0.2, 0.25) is 0 Å². The van der Waals surface area contributed by atoms with Crippen molar-refractivity contribution in [3.63, 3.8) is 0 Å². The maximum atomic E-state index is 10.1. The number of carboxylic acid groups (broad SMARTS) is 1. The molecule has 0 aliphatic carbocycles. The molecule has 0 fully saturated rings. The van der Waals surface area contributed by atoms with Crippen molar-refractivity contribution in [2.24, 2.45) is 0 Å². The molecule has 0 aliphatic rings. The Balaban J connectivity index is 3.83. The summed E-state index contributed by atoms with van der Waals surface area (Å²) in [6, 6.07) is 0. The Bertz CT molecular complexity index is 150. The number of hydrogen-bond donors (Lipinski definition) is 1. The average molecular weight is 143 g/mol. The van der Waals surface area contributed by atoms with Crippen molar-refractivity contribution in [3.05, 3.63) is 11.6 Å². The number of hydrogen-bond acceptors (Lipinski definition) is 2. The maximum absolute atomic E-state index is 10.1. The second-order valence-electron chi connectivity index (χ2n) is 2.57. The van der Waals surface area contributed by atoms with E-state index in [0.29, 0.717) is 6.54 Å². The fourth-order valence-corrected chi connectivity index (χ4v) is 0.755. The van der Waals surface area contributed by atoms with Gasteiger partial charge in [-0.25, -0.2) is 4.79 Å². The average Bonchev–Trinajstić information content (AvgIpc) is 1.58. The van der Waals surface area contributed by atoms with Crippen molar-refractivity contribution in [3.8, 4) is 0 Å². The molecule has 0 spiro atoms. The van der Waals surface area contributed by atoms with E-state index in [0.717, 1.165) is 5.57 Å². The summed E-state index contributed by atoms with van der Waals surface area (Å²) in [5.74, 6) is -0.876. The predicted molar refractivity (Wildman–Crippen MR) is 39.9 cm³/mol. The Labute approximate surface area is 61.0 Å². The molecule has 10 heavy (non-hydrogen) atoms. The van der Waals surface area contributed by atoms with Crippen molar-refractivity contribution in [2.45, 2.75) is 6.92 Å². The van der Waals surface area contributed by atoms with E-state index in [-0.39, 0.29) is 0 Å². The Morgan fingerprint density at radius 1 is 1.60 bits per heavy atom. The highest BCUT2D eigenvalue weighted by atomic mass is 16.4. The first-order valence-corrected chi connectivity index (χ1v) is 3.07. The molecule has 0 saturated heterocycles. The number of carbonyl (C=O) groups is 1. The van der Waals surface area contributed by atoms with Gasteiger partial charge >= 0.3 is 5.97 Å². The van der Waals surface area contributed by atoms with Crippen LogP contribution >= 0.6 is 0 Å². The summed E-state index contributed by atoms with van der Waals surface area (Å²) in [4.78, 5) is 12.0. The van der Waals surface area contributed by atoms with Gasteiger partial charge in [-0.2, -0.15) is 0 Å². The van der Waals surface area contributed by atoms with Crippen molar-refractivity contribution in [1.82, 2.24) is 4.90 Å². The number of aliphatic carboxylic acids is 1. The summed E-state index contributed by atoms with van der Waals surface area (Å²) in [5.41, 5.74) is 0.859. The van der Waals surface area contributed by atoms with Crippen LogP contribution in [-0.2, 0) is 4.79 Å². The normalized spacial score (nSPS) is 12.2. The minimum atomic E-state index is -0.876. The molecule has 0 rings (SSSR count). The third-order valence-electron chi connectivity index (χ3n) is 0.936. The Hall–Kier alpha value is -0.830. The van der Waals surface area contributed by atoms with E-state index in [9.17, 15) is 4.79 Å². The minimum Gasteiger partial charge on any atom is -0.478 e. The summed E-state index contributed by atoms with van der Waals surface area (Å²) >= 11 is 0. The van der Waals surface area contributed by atoms with Crippen LogP contribution < -0.4 is 0 Å². The predicted octanol–water partition coefficient (Wildman–Crippen LogP) is 0.579. The fraction of sp³-hybridized carbons (Fsp3) is 0.571. The molecule has 3 heteroatoms. The zero-order valence-electron chi connectivity index (χ0n) is 6.59. The van der Waals surface area contributed by atoms with E-state index in [4.69, 9.17) is 5.11 Å². The molecule has 0 aromatic rings. The van der Waals surface area contributed by atoms with E-state index in [1.807, 2.05) is 19.0 Å². The lowest BCUT2D eigenvalue weighted by Gasteiger charge is -2.07. The molecule has 0 aromatic carbocycles. The Morgan fingerprint density at radius 3 is 2.40 bits per heavy atom. The molecule has 0 unspecified atom stereocenters. The fourth-order valence-electron chi connectivity index (χ4n) is 0.755. The van der Waals surface area contributed by atoms with Gasteiger partial charge in [0.1, 0.15) is 0 Å². The van der Waals surface area contributed by atoms with Crippen LogP contribution in [0.15, 0.2) is 11.6 Å². The third-order valence-corrected chi connectivity index (χ3v) is 0.936. The quantitative estimate of drug-likeness (QED) is 0.587. The molecule has 0 aliphatic heterocycles. The third kappa shape index (κ3) is 5.31. The zero-order valence-corrected chi connectivity index (χ0v) is 6.59. The first-order chi connectivity index (χ1) is 4.52. The maximum Gasteiger partial charge on any atom is 0.328 e. The van der Waals surface area contributed by atoms with E-state index in [1.165, 1.54) is 6.08 Å². The lowest BCUT2D eigenvalue weighted by Crippen LogP contribution is -2.14. The van der Waals surface area contributed by atoms with Gasteiger partial charge in [0.05, 0.1) is 0 Å². The van der Waals surface area contributed by atoms with Crippen LogP contribution in [0.1, 0.15) is 6.92 Å². The van der Waals surface area contributed by atoms with Gasteiger partial charge in [-0.1, -0.05) is 5.57 Å². The van der Waals surface area contributed by atoms with Crippen molar-refractivity contribution < 1.29 is 9.90 Å². The van der Waals surface area contributed by atoms with Crippen LogP contribution in [0, 0.1) is 0 Å². The molecular formula is C7H13NO2. The highest BCUT2D eigenvalue weighted by Crippen LogP contribution is 1.92. The molecule has 0 amide bonds.